The number of carbonyl (C=O) groups is 2. The number of ether oxygens (including phenoxy) is 2. The normalized spacial score (nSPS) is 13.3. The van der Waals surface area contributed by atoms with Gasteiger partial charge in [-0.05, 0) is 54.8 Å². The summed E-state index contributed by atoms with van der Waals surface area (Å²) in [7, 11) is -2.84. The first-order chi connectivity index (χ1) is 19.2. The fraction of sp³-hybridized carbons (Fsp3) is 0.310. The fourth-order valence-corrected chi connectivity index (χ4v) is 5.94. The maximum Gasteiger partial charge on any atom is 0.264 e. The largest absolute Gasteiger partial charge is 0.486 e. The second kappa shape index (κ2) is 12.8. The third-order valence-corrected chi connectivity index (χ3v) is 8.38. The highest BCUT2D eigenvalue weighted by molar-refractivity contribution is 7.92. The smallest absolute Gasteiger partial charge is 0.264 e. The lowest BCUT2D eigenvalue weighted by Gasteiger charge is -2.33. The van der Waals surface area contributed by atoms with E-state index in [4.69, 9.17) is 9.47 Å². The first-order valence-electron chi connectivity index (χ1n) is 13.0. The number of hydrogen-bond acceptors (Lipinski definition) is 6. The van der Waals surface area contributed by atoms with Gasteiger partial charge < -0.3 is 19.7 Å². The van der Waals surface area contributed by atoms with Gasteiger partial charge in [-0.1, -0.05) is 37.3 Å². The van der Waals surface area contributed by atoms with Crippen LogP contribution in [-0.4, -0.2) is 64.5 Å². The summed E-state index contributed by atoms with van der Waals surface area (Å²) in [6, 6.07) is 17.7. The molecule has 1 aliphatic heterocycles. The second-order valence-corrected chi connectivity index (χ2v) is 11.0. The van der Waals surface area contributed by atoms with Gasteiger partial charge in [0.1, 0.15) is 31.6 Å². The van der Waals surface area contributed by atoms with E-state index in [-0.39, 0.29) is 35.4 Å². The predicted octanol–water partition coefficient (Wildman–Crippen LogP) is 3.39. The minimum Gasteiger partial charge on any atom is -0.486 e. The lowest BCUT2D eigenvalue weighted by atomic mass is 10.1. The predicted molar refractivity (Wildman–Crippen MR) is 148 cm³/mol. The third-order valence-electron chi connectivity index (χ3n) is 6.61. The van der Waals surface area contributed by atoms with Crippen LogP contribution in [0.4, 0.5) is 10.1 Å². The van der Waals surface area contributed by atoms with Gasteiger partial charge in [-0.2, -0.15) is 0 Å². The average molecular weight is 570 g/mol. The van der Waals surface area contributed by atoms with E-state index in [9.17, 15) is 22.4 Å². The molecule has 4 rings (SSSR count). The summed E-state index contributed by atoms with van der Waals surface area (Å²) >= 11 is 0. The zero-order valence-corrected chi connectivity index (χ0v) is 23.2. The molecule has 0 saturated carbocycles. The molecule has 1 aliphatic rings. The molecular formula is C29H32FN3O6S. The number of likely N-dealkylation sites (N-methyl/N-ethyl adjacent to an activating group) is 1. The molecule has 3 aromatic carbocycles. The number of sulfonamides is 1. The number of rotatable bonds is 11. The highest BCUT2D eigenvalue weighted by Crippen LogP contribution is 2.34. The van der Waals surface area contributed by atoms with Crippen LogP contribution in [0, 0.1) is 5.82 Å². The Hall–Kier alpha value is -4.12. The number of amides is 2. The van der Waals surface area contributed by atoms with E-state index in [1.165, 1.54) is 42.3 Å². The topological polar surface area (TPSA) is 105 Å². The molecule has 1 N–H and O–H groups in total. The molecule has 0 aliphatic carbocycles. The molecule has 1 unspecified atom stereocenters. The van der Waals surface area contributed by atoms with Crippen molar-refractivity contribution in [2.75, 3.05) is 37.7 Å². The fourth-order valence-electron chi connectivity index (χ4n) is 4.51. The number of nitrogens with one attached hydrogen (secondary N) is 1. The van der Waals surface area contributed by atoms with Crippen LogP contribution >= 0.6 is 0 Å². The van der Waals surface area contributed by atoms with Gasteiger partial charge in [-0.3, -0.25) is 13.9 Å². The van der Waals surface area contributed by atoms with Crippen LogP contribution in [0.25, 0.3) is 0 Å². The molecule has 1 heterocycles. The van der Waals surface area contributed by atoms with E-state index in [0.717, 1.165) is 22.0 Å². The summed E-state index contributed by atoms with van der Waals surface area (Å²) in [5.41, 5.74) is 1.06. The van der Waals surface area contributed by atoms with Crippen LogP contribution in [0.5, 0.6) is 11.5 Å². The third kappa shape index (κ3) is 6.53. The number of carbonyl (C=O) groups excluding carboxylic acids is 2. The van der Waals surface area contributed by atoms with Crippen LogP contribution in [0.2, 0.25) is 0 Å². The highest BCUT2D eigenvalue weighted by atomic mass is 32.2. The number of hydrogen-bond donors (Lipinski definition) is 1. The van der Waals surface area contributed by atoms with Gasteiger partial charge in [0.25, 0.3) is 10.0 Å². The minimum absolute atomic E-state index is 0.0978. The number of fused-ring (bicyclic) bond motifs is 1. The van der Waals surface area contributed by atoms with E-state index >= 15 is 0 Å². The molecule has 0 radical (unpaired) electrons. The molecule has 1 atom stereocenters. The number of anilines is 1. The summed E-state index contributed by atoms with van der Waals surface area (Å²) in [6.45, 7) is 1.98. The SMILES string of the molecule is CCC(C(=O)NC)N(CCc1ccccc1)C(=O)CN(c1ccc(F)cc1)S(=O)(=O)c1ccc2c(c1)OCCO2. The molecule has 212 valence electrons. The highest BCUT2D eigenvalue weighted by Gasteiger charge is 2.33. The maximum absolute atomic E-state index is 14.0. The van der Waals surface area contributed by atoms with Crippen molar-refractivity contribution in [3.05, 3.63) is 84.2 Å². The molecule has 0 bridgehead atoms. The molecule has 40 heavy (non-hydrogen) atoms. The molecule has 11 heteroatoms. The van der Waals surface area contributed by atoms with Crippen LogP contribution in [0.1, 0.15) is 18.9 Å². The van der Waals surface area contributed by atoms with Crippen molar-refractivity contribution >= 4 is 27.5 Å². The molecule has 9 nitrogen and oxygen atoms in total. The molecule has 0 spiro atoms. The Bertz CT molecular complexity index is 1430. The molecule has 3 aromatic rings. The van der Waals surface area contributed by atoms with Gasteiger partial charge in [0.2, 0.25) is 11.8 Å². The lowest BCUT2D eigenvalue weighted by molar-refractivity contribution is -0.139. The van der Waals surface area contributed by atoms with Crippen LogP contribution in [0.3, 0.4) is 0 Å². The van der Waals surface area contributed by atoms with Crippen molar-refractivity contribution in [2.45, 2.75) is 30.7 Å². The first kappa shape index (κ1) is 28.9. The number of nitrogens with zero attached hydrogens (tertiary/aromatic N) is 2. The Morgan fingerprint density at radius 1 is 0.975 bits per heavy atom. The van der Waals surface area contributed by atoms with Crippen LogP contribution in [-0.2, 0) is 26.0 Å². The van der Waals surface area contributed by atoms with Crippen molar-refractivity contribution in [1.29, 1.82) is 0 Å². The van der Waals surface area contributed by atoms with Crippen LogP contribution < -0.4 is 19.1 Å². The Morgan fingerprint density at radius 3 is 2.30 bits per heavy atom. The summed E-state index contributed by atoms with van der Waals surface area (Å²) in [6.07, 6.45) is 0.789. The maximum atomic E-state index is 14.0. The van der Waals surface area contributed by atoms with Crippen molar-refractivity contribution in [3.8, 4) is 11.5 Å². The Labute approximate surface area is 233 Å². The molecular weight excluding hydrogens is 537 g/mol. The van der Waals surface area contributed by atoms with Gasteiger partial charge in [0.15, 0.2) is 11.5 Å². The quantitative estimate of drug-likeness (QED) is 0.380. The van der Waals surface area contributed by atoms with E-state index in [2.05, 4.69) is 5.32 Å². The van der Waals surface area contributed by atoms with Crippen molar-refractivity contribution in [1.82, 2.24) is 10.2 Å². The molecule has 2 amide bonds. The molecule has 0 fully saturated rings. The van der Waals surface area contributed by atoms with Gasteiger partial charge in [0.05, 0.1) is 10.6 Å². The van der Waals surface area contributed by atoms with Crippen molar-refractivity contribution in [3.63, 3.8) is 0 Å². The van der Waals surface area contributed by atoms with E-state index in [1.54, 1.807) is 6.92 Å². The summed E-state index contributed by atoms with van der Waals surface area (Å²) in [5, 5.41) is 2.59. The summed E-state index contributed by atoms with van der Waals surface area (Å²) in [5.74, 6) is -0.795. The number of halogens is 1. The average Bonchev–Trinajstić information content (AvgIpc) is 2.98. The number of benzene rings is 3. The van der Waals surface area contributed by atoms with Gasteiger partial charge in [-0.25, -0.2) is 12.8 Å². The Morgan fingerprint density at radius 2 is 1.65 bits per heavy atom. The van der Waals surface area contributed by atoms with Crippen molar-refractivity contribution in [2.24, 2.45) is 0 Å². The van der Waals surface area contributed by atoms with E-state index in [0.29, 0.717) is 25.2 Å². The Kier molecular flexibility index (Phi) is 9.26. The zero-order valence-electron chi connectivity index (χ0n) is 22.4. The van der Waals surface area contributed by atoms with Crippen LogP contribution in [0.15, 0.2) is 77.7 Å². The van der Waals surface area contributed by atoms with Crippen molar-refractivity contribution < 1.29 is 31.9 Å². The van der Waals surface area contributed by atoms with E-state index < -0.39 is 34.3 Å². The van der Waals surface area contributed by atoms with Gasteiger partial charge in [0, 0.05) is 19.7 Å². The second-order valence-electron chi connectivity index (χ2n) is 9.15. The molecule has 0 saturated heterocycles. The minimum atomic E-state index is -4.33. The van der Waals surface area contributed by atoms with Gasteiger partial charge >= 0.3 is 0 Å². The van der Waals surface area contributed by atoms with Gasteiger partial charge in [-0.15, -0.1) is 0 Å². The standard InChI is InChI=1S/C29H32FN3O6S/c1-3-25(29(35)31-2)32(16-15-21-7-5-4-6-8-21)28(34)20-33(23-11-9-22(30)10-12-23)40(36,37)24-13-14-26-27(19-24)39-18-17-38-26/h4-14,19,25H,3,15-18,20H2,1-2H3,(H,31,35). The zero-order chi connectivity index (χ0) is 28.7. The first-order valence-corrected chi connectivity index (χ1v) is 14.4. The summed E-state index contributed by atoms with van der Waals surface area (Å²) < 4.78 is 53.7. The summed E-state index contributed by atoms with van der Waals surface area (Å²) in [4.78, 5) is 27.9. The van der Waals surface area contributed by atoms with E-state index in [1.807, 2.05) is 30.3 Å². The lowest BCUT2D eigenvalue weighted by Crippen LogP contribution is -2.52. The monoisotopic (exact) mass is 569 g/mol. The molecule has 0 aromatic heterocycles. The Balaban J connectivity index is 1.70.